The Bertz CT molecular complexity index is 266. The van der Waals surface area contributed by atoms with E-state index in [4.69, 9.17) is 5.11 Å². The van der Waals surface area contributed by atoms with Gasteiger partial charge in [-0.25, -0.2) is 0 Å². The van der Waals surface area contributed by atoms with Crippen molar-refractivity contribution in [3.8, 4) is 0 Å². The van der Waals surface area contributed by atoms with Gasteiger partial charge in [-0.15, -0.1) is 0 Å². The van der Waals surface area contributed by atoms with Crippen molar-refractivity contribution in [2.75, 3.05) is 0 Å². The van der Waals surface area contributed by atoms with Crippen LogP contribution in [0.5, 0.6) is 0 Å². The molecular formula is C11H18O4. The lowest BCUT2D eigenvalue weighted by atomic mass is 9.81. The van der Waals surface area contributed by atoms with Crippen LogP contribution >= 0.6 is 0 Å². The van der Waals surface area contributed by atoms with E-state index < -0.39 is 17.8 Å². The second-order valence-corrected chi connectivity index (χ2v) is 4.43. The van der Waals surface area contributed by atoms with E-state index in [1.807, 2.05) is 0 Å². The zero-order chi connectivity index (χ0) is 12.1. The van der Waals surface area contributed by atoms with Crippen LogP contribution in [0, 0.1) is 5.41 Å². The zero-order valence-electron chi connectivity index (χ0n) is 9.50. The van der Waals surface area contributed by atoms with E-state index in [1.54, 1.807) is 13.8 Å². The molecule has 0 saturated carbocycles. The first-order valence-electron chi connectivity index (χ1n) is 5.00. The quantitative estimate of drug-likeness (QED) is 0.656. The maximum atomic E-state index is 11.5. The fraction of sp³-hybridized carbons (Fsp3) is 0.727. The molecule has 0 atom stereocenters. The molecule has 0 unspecified atom stereocenters. The number of ketones is 2. The van der Waals surface area contributed by atoms with Gasteiger partial charge in [0.15, 0.2) is 0 Å². The Morgan fingerprint density at radius 3 is 2.13 bits per heavy atom. The largest absolute Gasteiger partial charge is 0.481 e. The number of rotatable bonds is 7. The minimum Gasteiger partial charge on any atom is -0.481 e. The molecule has 0 rings (SSSR count). The van der Waals surface area contributed by atoms with Gasteiger partial charge in [-0.05, 0) is 19.8 Å². The van der Waals surface area contributed by atoms with Crippen molar-refractivity contribution in [2.24, 2.45) is 5.41 Å². The number of carboxylic acid groups (broad SMARTS) is 1. The first-order valence-corrected chi connectivity index (χ1v) is 5.00. The Hall–Kier alpha value is -1.19. The summed E-state index contributed by atoms with van der Waals surface area (Å²) >= 11 is 0. The van der Waals surface area contributed by atoms with Crippen molar-refractivity contribution in [3.63, 3.8) is 0 Å². The third-order valence-electron chi connectivity index (χ3n) is 2.40. The van der Waals surface area contributed by atoms with E-state index in [2.05, 4.69) is 0 Å². The maximum Gasteiger partial charge on any atom is 0.310 e. The number of aliphatic carboxylic acids is 1. The first kappa shape index (κ1) is 13.8. The Kier molecular flexibility index (Phi) is 5.19. The molecule has 0 heterocycles. The molecule has 0 fully saturated rings. The minimum absolute atomic E-state index is 0.0940. The van der Waals surface area contributed by atoms with Gasteiger partial charge < -0.3 is 9.90 Å². The Morgan fingerprint density at radius 1 is 1.20 bits per heavy atom. The zero-order valence-corrected chi connectivity index (χ0v) is 9.50. The van der Waals surface area contributed by atoms with Gasteiger partial charge >= 0.3 is 5.97 Å². The standard InChI is InChI=1S/C11H18O4/c1-8(12)5-4-6-11(2,3)9(13)7-10(14)15/h4-7H2,1-3H3,(H,14,15). The lowest BCUT2D eigenvalue weighted by Gasteiger charge is -2.21. The minimum atomic E-state index is -1.10. The molecule has 4 heteroatoms. The van der Waals surface area contributed by atoms with Gasteiger partial charge in [-0.3, -0.25) is 9.59 Å². The predicted octanol–water partition coefficient (Wildman–Crippen LogP) is 1.82. The summed E-state index contributed by atoms with van der Waals surface area (Å²) in [6.45, 7) is 4.95. The Balaban J connectivity index is 4.10. The number of carboxylic acids is 1. The predicted molar refractivity (Wildman–Crippen MR) is 55.6 cm³/mol. The summed E-state index contributed by atoms with van der Waals surface area (Å²) in [6, 6.07) is 0. The molecule has 86 valence electrons. The molecule has 1 N–H and O–H groups in total. The van der Waals surface area contributed by atoms with Crippen LogP contribution in [0.4, 0.5) is 0 Å². The van der Waals surface area contributed by atoms with E-state index in [0.717, 1.165) is 0 Å². The molecule has 0 radical (unpaired) electrons. The molecule has 4 nitrogen and oxygen atoms in total. The van der Waals surface area contributed by atoms with E-state index in [0.29, 0.717) is 19.3 Å². The molecule has 0 aromatic carbocycles. The summed E-state index contributed by atoms with van der Waals surface area (Å²) < 4.78 is 0. The van der Waals surface area contributed by atoms with E-state index >= 15 is 0 Å². The molecule has 0 saturated heterocycles. The molecule has 0 aromatic heterocycles. The monoisotopic (exact) mass is 214 g/mol. The first-order chi connectivity index (χ1) is 6.75. The lowest BCUT2D eigenvalue weighted by Crippen LogP contribution is -2.26. The maximum absolute atomic E-state index is 11.5. The number of carbonyl (C=O) groups excluding carboxylic acids is 2. The van der Waals surface area contributed by atoms with Crippen LogP contribution in [0.15, 0.2) is 0 Å². The van der Waals surface area contributed by atoms with Gasteiger partial charge in [-0.2, -0.15) is 0 Å². The van der Waals surface area contributed by atoms with Crippen LogP contribution in [0.1, 0.15) is 46.5 Å². The fourth-order valence-electron chi connectivity index (χ4n) is 1.30. The third kappa shape index (κ3) is 5.99. The molecule has 0 aliphatic heterocycles. The smallest absolute Gasteiger partial charge is 0.310 e. The normalized spacial score (nSPS) is 11.1. The van der Waals surface area contributed by atoms with Gasteiger partial charge in [0, 0.05) is 11.8 Å². The summed E-state index contributed by atoms with van der Waals surface area (Å²) in [5, 5.41) is 8.49. The van der Waals surface area contributed by atoms with Gasteiger partial charge in [0.2, 0.25) is 0 Å². The van der Waals surface area contributed by atoms with Gasteiger partial charge in [-0.1, -0.05) is 13.8 Å². The van der Waals surface area contributed by atoms with Crippen molar-refractivity contribution in [1.29, 1.82) is 0 Å². The number of carbonyl (C=O) groups is 3. The van der Waals surface area contributed by atoms with E-state index in [1.165, 1.54) is 6.92 Å². The highest BCUT2D eigenvalue weighted by atomic mass is 16.4. The highest BCUT2D eigenvalue weighted by Crippen LogP contribution is 2.25. The molecular weight excluding hydrogens is 196 g/mol. The summed E-state index contributed by atoms with van der Waals surface area (Å²) in [4.78, 5) is 32.5. The van der Waals surface area contributed by atoms with Crippen LogP contribution in [0.3, 0.4) is 0 Å². The number of hydrogen-bond donors (Lipinski definition) is 1. The molecule has 0 bridgehead atoms. The van der Waals surface area contributed by atoms with Crippen molar-refractivity contribution in [1.82, 2.24) is 0 Å². The van der Waals surface area contributed by atoms with Crippen molar-refractivity contribution >= 4 is 17.5 Å². The van der Waals surface area contributed by atoms with Gasteiger partial charge in [0.1, 0.15) is 18.0 Å². The molecule has 15 heavy (non-hydrogen) atoms. The SMILES string of the molecule is CC(=O)CCCC(C)(C)C(=O)CC(=O)O. The summed E-state index contributed by atoms with van der Waals surface area (Å²) in [5.41, 5.74) is -0.645. The highest BCUT2D eigenvalue weighted by molar-refractivity contribution is 5.97. The van der Waals surface area contributed by atoms with Crippen molar-refractivity contribution in [2.45, 2.75) is 46.5 Å². The summed E-state index contributed by atoms with van der Waals surface area (Å²) in [6.07, 6.45) is 1.20. The lowest BCUT2D eigenvalue weighted by molar-refractivity contribution is -0.142. The average molecular weight is 214 g/mol. The second-order valence-electron chi connectivity index (χ2n) is 4.43. The fourth-order valence-corrected chi connectivity index (χ4v) is 1.30. The van der Waals surface area contributed by atoms with Gasteiger partial charge in [0.05, 0.1) is 0 Å². The van der Waals surface area contributed by atoms with E-state index in [9.17, 15) is 14.4 Å². The molecule has 0 aromatic rings. The molecule has 0 spiro atoms. The van der Waals surface area contributed by atoms with Crippen molar-refractivity contribution in [3.05, 3.63) is 0 Å². The van der Waals surface area contributed by atoms with Crippen LogP contribution in [-0.2, 0) is 14.4 Å². The topological polar surface area (TPSA) is 71.4 Å². The van der Waals surface area contributed by atoms with Crippen LogP contribution in [0.25, 0.3) is 0 Å². The summed E-state index contributed by atoms with van der Waals surface area (Å²) in [5.74, 6) is -1.28. The Labute approximate surface area is 89.7 Å². The van der Waals surface area contributed by atoms with Crippen LogP contribution in [0.2, 0.25) is 0 Å². The number of hydrogen-bond acceptors (Lipinski definition) is 3. The Morgan fingerprint density at radius 2 is 1.73 bits per heavy atom. The highest BCUT2D eigenvalue weighted by Gasteiger charge is 2.28. The average Bonchev–Trinajstić information content (AvgIpc) is 2.01. The van der Waals surface area contributed by atoms with Crippen LogP contribution in [-0.4, -0.2) is 22.6 Å². The van der Waals surface area contributed by atoms with E-state index in [-0.39, 0.29) is 11.6 Å². The number of Topliss-reactive ketones (excluding diaryl/α,β-unsaturated/α-hetero) is 2. The van der Waals surface area contributed by atoms with Crippen LogP contribution < -0.4 is 0 Å². The molecule has 0 aliphatic rings. The third-order valence-corrected chi connectivity index (χ3v) is 2.40. The van der Waals surface area contributed by atoms with Crippen molar-refractivity contribution < 1.29 is 19.5 Å². The summed E-state index contributed by atoms with van der Waals surface area (Å²) in [7, 11) is 0. The molecule has 0 aliphatic carbocycles. The molecule has 0 amide bonds. The van der Waals surface area contributed by atoms with Gasteiger partial charge in [0.25, 0.3) is 0 Å². The second kappa shape index (κ2) is 5.63.